The van der Waals surface area contributed by atoms with Gasteiger partial charge in [0.05, 0.1) is 36.2 Å². The van der Waals surface area contributed by atoms with E-state index in [-0.39, 0.29) is 30.0 Å². The summed E-state index contributed by atoms with van der Waals surface area (Å²) in [4.78, 5) is 21.6. The van der Waals surface area contributed by atoms with Crippen molar-refractivity contribution in [3.05, 3.63) is 75.8 Å². The number of carbonyl (C=O) groups is 1. The number of rotatable bonds is 6. The summed E-state index contributed by atoms with van der Waals surface area (Å²) in [6.45, 7) is -0.337. The van der Waals surface area contributed by atoms with Crippen LogP contribution in [0.15, 0.2) is 53.1 Å². The molecule has 9 heteroatoms. The predicted octanol–water partition coefficient (Wildman–Crippen LogP) is 4.11. The predicted molar refractivity (Wildman–Crippen MR) is 130 cm³/mol. The van der Waals surface area contributed by atoms with Crippen molar-refractivity contribution in [3.63, 3.8) is 0 Å². The van der Waals surface area contributed by atoms with E-state index in [4.69, 9.17) is 5.73 Å². The lowest BCUT2D eigenvalue weighted by Crippen LogP contribution is -2.31. The molecule has 0 spiro atoms. The molecule has 1 amide bonds. The Morgan fingerprint density at radius 1 is 1.26 bits per heavy atom. The molecule has 0 radical (unpaired) electrons. The quantitative estimate of drug-likeness (QED) is 0.382. The van der Waals surface area contributed by atoms with Gasteiger partial charge in [-0.15, -0.1) is 0 Å². The van der Waals surface area contributed by atoms with Crippen LogP contribution in [0.25, 0.3) is 11.3 Å². The fraction of sp³-hybridized carbons (Fsp3) is 0.320. The number of halogens is 2. The van der Waals surface area contributed by atoms with E-state index in [0.29, 0.717) is 28.9 Å². The zero-order valence-electron chi connectivity index (χ0n) is 18.4. The number of carbonyl (C=O) groups excluding carboxylic acids is 1. The van der Waals surface area contributed by atoms with Crippen LogP contribution in [-0.4, -0.2) is 38.8 Å². The third kappa shape index (κ3) is 5.43. The molecular formula is C25H26BrFN4O3. The molecule has 178 valence electrons. The third-order valence-electron chi connectivity index (χ3n) is 6.11. The molecule has 1 aliphatic rings. The maximum atomic E-state index is 15.0. The molecule has 1 aromatic heterocycles. The van der Waals surface area contributed by atoms with E-state index in [2.05, 4.69) is 31.2 Å². The molecule has 3 atom stereocenters. The number of nitrogens with zero attached hydrogens (tertiary/aromatic N) is 2. The van der Waals surface area contributed by atoms with Gasteiger partial charge in [-0.3, -0.25) is 4.79 Å². The molecule has 0 bridgehead atoms. The second kappa shape index (κ2) is 10.6. The van der Waals surface area contributed by atoms with Gasteiger partial charge in [-0.05, 0) is 49.1 Å². The summed E-state index contributed by atoms with van der Waals surface area (Å²) in [6, 6.07) is 10.6. The Hall–Kier alpha value is -2.88. The Morgan fingerprint density at radius 3 is 2.79 bits per heavy atom. The van der Waals surface area contributed by atoms with Gasteiger partial charge in [-0.25, -0.2) is 14.4 Å². The second-order valence-corrected chi connectivity index (χ2v) is 9.42. The summed E-state index contributed by atoms with van der Waals surface area (Å²) in [6.07, 6.45) is 4.43. The highest BCUT2D eigenvalue weighted by atomic mass is 79.9. The minimum atomic E-state index is -0.736. The average Bonchev–Trinajstić information content (AvgIpc) is 2.82. The molecule has 3 unspecified atom stereocenters. The van der Waals surface area contributed by atoms with Gasteiger partial charge in [0.2, 0.25) is 0 Å². The van der Waals surface area contributed by atoms with Crippen LogP contribution < -0.4 is 11.1 Å². The van der Waals surface area contributed by atoms with Gasteiger partial charge in [0, 0.05) is 16.0 Å². The monoisotopic (exact) mass is 528 g/mol. The summed E-state index contributed by atoms with van der Waals surface area (Å²) in [5.74, 6) is -1.15. The fourth-order valence-electron chi connectivity index (χ4n) is 4.29. The van der Waals surface area contributed by atoms with Crippen molar-refractivity contribution in [2.45, 2.75) is 43.7 Å². The number of amides is 1. The minimum absolute atomic E-state index is 0.0685. The molecule has 1 aliphatic carbocycles. The Balaban J connectivity index is 1.56. The molecular weight excluding hydrogens is 503 g/mol. The number of hydrogen-bond donors (Lipinski definition) is 4. The molecule has 7 nitrogen and oxygen atoms in total. The topological polar surface area (TPSA) is 121 Å². The molecule has 1 fully saturated rings. The third-order valence-corrected chi connectivity index (χ3v) is 6.60. The van der Waals surface area contributed by atoms with E-state index in [1.54, 1.807) is 30.5 Å². The van der Waals surface area contributed by atoms with Gasteiger partial charge in [0.15, 0.2) is 0 Å². The minimum Gasteiger partial charge on any atom is -0.394 e. The van der Waals surface area contributed by atoms with Gasteiger partial charge in [-0.1, -0.05) is 40.5 Å². The van der Waals surface area contributed by atoms with Crippen molar-refractivity contribution in [2.24, 2.45) is 0 Å². The Labute approximate surface area is 205 Å². The number of hydrogen-bond acceptors (Lipinski definition) is 6. The first kappa shape index (κ1) is 24.3. The summed E-state index contributed by atoms with van der Waals surface area (Å²) < 4.78 is 15.8. The van der Waals surface area contributed by atoms with Gasteiger partial charge in [0.25, 0.3) is 5.91 Å². The van der Waals surface area contributed by atoms with Crippen LogP contribution in [0.1, 0.15) is 59.3 Å². The Kier molecular flexibility index (Phi) is 7.55. The van der Waals surface area contributed by atoms with Crippen molar-refractivity contribution in [2.75, 3.05) is 12.3 Å². The summed E-state index contributed by atoms with van der Waals surface area (Å²) in [7, 11) is 0. The van der Waals surface area contributed by atoms with Crippen molar-refractivity contribution in [1.82, 2.24) is 15.3 Å². The number of aromatic nitrogens is 2. The number of benzene rings is 2. The second-order valence-electron chi connectivity index (χ2n) is 8.50. The van der Waals surface area contributed by atoms with Crippen LogP contribution in [0.2, 0.25) is 0 Å². The van der Waals surface area contributed by atoms with Crippen LogP contribution in [0.4, 0.5) is 10.2 Å². The van der Waals surface area contributed by atoms with E-state index in [1.807, 2.05) is 6.07 Å². The van der Waals surface area contributed by atoms with Crippen LogP contribution in [0.3, 0.4) is 0 Å². The van der Waals surface area contributed by atoms with Crippen molar-refractivity contribution >= 4 is 27.7 Å². The average molecular weight is 529 g/mol. The molecule has 4 rings (SSSR count). The molecule has 0 aliphatic heterocycles. The van der Waals surface area contributed by atoms with E-state index in [9.17, 15) is 19.4 Å². The van der Waals surface area contributed by atoms with E-state index in [0.717, 1.165) is 23.7 Å². The molecule has 34 heavy (non-hydrogen) atoms. The first-order valence-corrected chi connectivity index (χ1v) is 11.9. The van der Waals surface area contributed by atoms with Crippen molar-refractivity contribution in [3.8, 4) is 11.3 Å². The first-order chi connectivity index (χ1) is 16.4. The highest BCUT2D eigenvalue weighted by Gasteiger charge is 2.24. The van der Waals surface area contributed by atoms with Crippen molar-refractivity contribution < 1.29 is 19.4 Å². The van der Waals surface area contributed by atoms with Gasteiger partial charge >= 0.3 is 0 Å². The maximum Gasteiger partial charge on any atom is 0.254 e. The van der Waals surface area contributed by atoms with E-state index >= 15 is 0 Å². The molecule has 2 aromatic carbocycles. The molecule has 1 heterocycles. The van der Waals surface area contributed by atoms with Gasteiger partial charge in [0.1, 0.15) is 17.3 Å². The van der Waals surface area contributed by atoms with Gasteiger partial charge in [-0.2, -0.15) is 0 Å². The molecule has 0 saturated heterocycles. The van der Waals surface area contributed by atoms with E-state index < -0.39 is 17.8 Å². The largest absolute Gasteiger partial charge is 0.394 e. The van der Waals surface area contributed by atoms with Gasteiger partial charge < -0.3 is 21.3 Å². The fourth-order valence-corrected chi connectivity index (χ4v) is 4.71. The highest BCUT2D eigenvalue weighted by molar-refractivity contribution is 9.10. The number of nitrogens with two attached hydrogens (primary N) is 1. The molecule has 1 saturated carbocycles. The number of aliphatic hydroxyl groups excluding tert-OH is 2. The summed E-state index contributed by atoms with van der Waals surface area (Å²) in [5, 5.41) is 22.4. The SMILES string of the molecule is Nc1ncc(C2CCCC(O)C2)nc1-c1ccc(C(=O)NC(CO)c2cccc(Br)c2)c(F)c1. The Bertz CT molecular complexity index is 1190. The van der Waals surface area contributed by atoms with Crippen LogP contribution >= 0.6 is 15.9 Å². The highest BCUT2D eigenvalue weighted by Crippen LogP contribution is 2.34. The number of aliphatic hydroxyl groups is 2. The number of anilines is 1. The molecule has 5 N–H and O–H groups in total. The van der Waals surface area contributed by atoms with Crippen LogP contribution in [-0.2, 0) is 0 Å². The first-order valence-electron chi connectivity index (χ1n) is 11.1. The van der Waals surface area contributed by atoms with E-state index in [1.165, 1.54) is 12.1 Å². The maximum absolute atomic E-state index is 15.0. The lowest BCUT2D eigenvalue weighted by molar-refractivity contribution is 0.0912. The smallest absolute Gasteiger partial charge is 0.254 e. The number of nitrogens with one attached hydrogen (secondary N) is 1. The Morgan fingerprint density at radius 2 is 2.09 bits per heavy atom. The lowest BCUT2D eigenvalue weighted by atomic mass is 9.85. The van der Waals surface area contributed by atoms with Crippen molar-refractivity contribution in [1.29, 1.82) is 0 Å². The normalized spacial score (nSPS) is 18.9. The lowest BCUT2D eigenvalue weighted by Gasteiger charge is -2.25. The molecule has 3 aromatic rings. The zero-order chi connectivity index (χ0) is 24.2. The summed E-state index contributed by atoms with van der Waals surface area (Å²) >= 11 is 3.36. The summed E-state index contributed by atoms with van der Waals surface area (Å²) in [5.41, 5.74) is 8.02. The van der Waals surface area contributed by atoms with Crippen LogP contribution in [0, 0.1) is 5.82 Å². The van der Waals surface area contributed by atoms with Crippen LogP contribution in [0.5, 0.6) is 0 Å². The standard InChI is InChI=1S/C25H26BrFN4O3/c26-17-5-1-3-14(9-17)22(13-32)31-25(34)19-8-7-16(11-20(19)27)23-24(28)29-12-21(30-23)15-4-2-6-18(33)10-15/h1,3,5,7-9,11-12,15,18,22,32-33H,2,4,6,10,13H2,(H2,28,29)(H,31,34). The number of nitrogen functional groups attached to an aromatic ring is 1. The zero-order valence-corrected chi connectivity index (χ0v) is 20.0.